The van der Waals surface area contributed by atoms with Crippen molar-refractivity contribution in [2.24, 2.45) is 7.05 Å². The molecule has 0 fully saturated rings. The Morgan fingerprint density at radius 2 is 2.28 bits per heavy atom. The van der Waals surface area contributed by atoms with Crippen molar-refractivity contribution in [3.63, 3.8) is 0 Å². The molecular formula is C12H12FN3O2. The van der Waals surface area contributed by atoms with Crippen molar-refractivity contribution in [1.82, 2.24) is 9.78 Å². The Hall–Kier alpha value is -2.37. The Morgan fingerprint density at radius 3 is 2.89 bits per heavy atom. The summed E-state index contributed by atoms with van der Waals surface area (Å²) >= 11 is 0. The first kappa shape index (κ1) is 12.1. The van der Waals surface area contributed by atoms with E-state index >= 15 is 0 Å². The molecule has 94 valence electrons. The van der Waals surface area contributed by atoms with Gasteiger partial charge in [-0.2, -0.15) is 5.10 Å². The summed E-state index contributed by atoms with van der Waals surface area (Å²) in [5.41, 5.74) is 0.734. The van der Waals surface area contributed by atoms with Crippen molar-refractivity contribution in [2.45, 2.75) is 6.54 Å². The predicted molar refractivity (Wildman–Crippen MR) is 63.9 cm³/mol. The second kappa shape index (κ2) is 4.87. The van der Waals surface area contributed by atoms with Gasteiger partial charge in [0.2, 0.25) is 0 Å². The molecule has 5 nitrogen and oxygen atoms in total. The van der Waals surface area contributed by atoms with Gasteiger partial charge in [-0.15, -0.1) is 0 Å². The highest BCUT2D eigenvalue weighted by molar-refractivity contribution is 5.94. The maximum absolute atomic E-state index is 13.6. The van der Waals surface area contributed by atoms with Crippen molar-refractivity contribution in [3.8, 4) is 0 Å². The molecule has 0 saturated heterocycles. The Morgan fingerprint density at radius 1 is 1.50 bits per heavy atom. The summed E-state index contributed by atoms with van der Waals surface area (Å²) in [6, 6.07) is 5.72. The number of nitrogens with zero attached hydrogens (tertiary/aromatic N) is 2. The molecule has 0 atom stereocenters. The minimum absolute atomic E-state index is 0.00815. The van der Waals surface area contributed by atoms with Gasteiger partial charge in [-0.1, -0.05) is 6.07 Å². The first-order valence-corrected chi connectivity index (χ1v) is 5.32. The fraction of sp³-hybridized carbons (Fsp3) is 0.167. The molecule has 2 N–H and O–H groups in total. The standard InChI is InChI=1S/C12H12FN3O2/c1-16-8(5-6-15-16)7-14-11-9(12(17)18)3-2-4-10(11)13/h2-6,14H,7H2,1H3,(H,17,18). The number of hydrogen-bond donors (Lipinski definition) is 2. The molecule has 0 saturated carbocycles. The molecule has 0 radical (unpaired) electrons. The zero-order valence-corrected chi connectivity index (χ0v) is 9.72. The number of aromatic nitrogens is 2. The van der Waals surface area contributed by atoms with Crippen LogP contribution in [0.3, 0.4) is 0 Å². The van der Waals surface area contributed by atoms with E-state index < -0.39 is 11.8 Å². The van der Waals surface area contributed by atoms with Crippen LogP contribution in [-0.4, -0.2) is 20.9 Å². The smallest absolute Gasteiger partial charge is 0.337 e. The number of carbonyl (C=O) groups is 1. The van der Waals surface area contributed by atoms with Crippen molar-refractivity contribution in [3.05, 3.63) is 47.5 Å². The Labute approximate surface area is 103 Å². The maximum atomic E-state index is 13.6. The van der Waals surface area contributed by atoms with E-state index in [2.05, 4.69) is 10.4 Å². The van der Waals surface area contributed by atoms with Crippen LogP contribution in [0.4, 0.5) is 10.1 Å². The van der Waals surface area contributed by atoms with Crippen LogP contribution >= 0.6 is 0 Å². The SMILES string of the molecule is Cn1nccc1CNc1c(F)cccc1C(=O)O. The zero-order chi connectivity index (χ0) is 13.1. The molecule has 0 amide bonds. The van der Waals surface area contributed by atoms with E-state index in [9.17, 15) is 9.18 Å². The summed E-state index contributed by atoms with van der Waals surface area (Å²) in [6.07, 6.45) is 1.62. The van der Waals surface area contributed by atoms with Crippen LogP contribution in [0.2, 0.25) is 0 Å². The van der Waals surface area contributed by atoms with Gasteiger partial charge in [-0.3, -0.25) is 4.68 Å². The minimum atomic E-state index is -1.16. The molecule has 0 bridgehead atoms. The third-order valence-corrected chi connectivity index (χ3v) is 2.61. The number of rotatable bonds is 4. The van der Waals surface area contributed by atoms with Crippen LogP contribution in [0.15, 0.2) is 30.5 Å². The van der Waals surface area contributed by atoms with E-state index in [1.54, 1.807) is 24.0 Å². The molecule has 0 aliphatic rings. The third-order valence-electron chi connectivity index (χ3n) is 2.61. The van der Waals surface area contributed by atoms with Crippen molar-refractivity contribution < 1.29 is 14.3 Å². The van der Waals surface area contributed by atoms with Gasteiger partial charge in [0.25, 0.3) is 0 Å². The number of benzene rings is 1. The number of carboxylic acid groups (broad SMARTS) is 1. The molecule has 0 aliphatic carbocycles. The van der Waals surface area contributed by atoms with Gasteiger partial charge >= 0.3 is 5.97 Å². The Balaban J connectivity index is 2.24. The number of halogens is 1. The monoisotopic (exact) mass is 249 g/mol. The lowest BCUT2D eigenvalue weighted by atomic mass is 10.1. The van der Waals surface area contributed by atoms with E-state index in [0.717, 1.165) is 5.69 Å². The third kappa shape index (κ3) is 2.32. The average Bonchev–Trinajstić information content (AvgIpc) is 2.73. The van der Waals surface area contributed by atoms with Gasteiger partial charge in [0, 0.05) is 13.2 Å². The Kier molecular flexibility index (Phi) is 3.27. The van der Waals surface area contributed by atoms with E-state index in [4.69, 9.17) is 5.11 Å². The number of aryl methyl sites for hydroxylation is 1. The van der Waals surface area contributed by atoms with E-state index in [-0.39, 0.29) is 11.3 Å². The molecule has 1 aromatic heterocycles. The molecule has 0 aliphatic heterocycles. The normalized spacial score (nSPS) is 10.3. The molecule has 2 rings (SSSR count). The lowest BCUT2D eigenvalue weighted by Gasteiger charge is -2.10. The van der Waals surface area contributed by atoms with Crippen LogP contribution < -0.4 is 5.32 Å². The quantitative estimate of drug-likeness (QED) is 0.868. The molecule has 1 aromatic carbocycles. The number of carboxylic acids is 1. The fourth-order valence-electron chi connectivity index (χ4n) is 1.64. The number of hydrogen-bond acceptors (Lipinski definition) is 3. The summed E-state index contributed by atoms with van der Waals surface area (Å²) in [4.78, 5) is 11.0. The average molecular weight is 249 g/mol. The van der Waals surface area contributed by atoms with Crippen LogP contribution in [-0.2, 0) is 13.6 Å². The maximum Gasteiger partial charge on any atom is 0.337 e. The first-order valence-electron chi connectivity index (χ1n) is 5.32. The van der Waals surface area contributed by atoms with Crippen LogP contribution in [0.5, 0.6) is 0 Å². The van der Waals surface area contributed by atoms with E-state index in [1.807, 2.05) is 0 Å². The topological polar surface area (TPSA) is 67.2 Å². The number of nitrogens with one attached hydrogen (secondary N) is 1. The van der Waals surface area contributed by atoms with E-state index in [1.165, 1.54) is 18.2 Å². The van der Waals surface area contributed by atoms with Crippen LogP contribution in [0.1, 0.15) is 16.1 Å². The van der Waals surface area contributed by atoms with Gasteiger partial charge in [0.1, 0.15) is 5.82 Å². The number of para-hydroxylation sites is 1. The second-order valence-electron chi connectivity index (χ2n) is 3.77. The highest BCUT2D eigenvalue weighted by Crippen LogP contribution is 2.20. The number of aromatic carboxylic acids is 1. The van der Waals surface area contributed by atoms with Crippen molar-refractivity contribution >= 4 is 11.7 Å². The summed E-state index contributed by atoms with van der Waals surface area (Å²) in [5.74, 6) is -1.75. The Bertz CT molecular complexity index is 580. The molecule has 18 heavy (non-hydrogen) atoms. The molecule has 2 aromatic rings. The minimum Gasteiger partial charge on any atom is -0.478 e. The van der Waals surface area contributed by atoms with Crippen molar-refractivity contribution in [1.29, 1.82) is 0 Å². The van der Waals surface area contributed by atoms with Gasteiger partial charge in [-0.05, 0) is 18.2 Å². The molecule has 1 heterocycles. The summed E-state index contributed by atoms with van der Waals surface area (Å²) in [5, 5.41) is 15.7. The van der Waals surface area contributed by atoms with E-state index in [0.29, 0.717) is 6.54 Å². The molecule has 0 unspecified atom stereocenters. The summed E-state index contributed by atoms with van der Waals surface area (Å²) in [6.45, 7) is 0.303. The highest BCUT2D eigenvalue weighted by atomic mass is 19.1. The summed E-state index contributed by atoms with van der Waals surface area (Å²) in [7, 11) is 1.76. The van der Waals surface area contributed by atoms with Crippen LogP contribution in [0, 0.1) is 5.82 Å². The largest absolute Gasteiger partial charge is 0.478 e. The first-order chi connectivity index (χ1) is 8.59. The van der Waals surface area contributed by atoms with Crippen molar-refractivity contribution in [2.75, 3.05) is 5.32 Å². The molecular weight excluding hydrogens is 237 g/mol. The fourth-order valence-corrected chi connectivity index (χ4v) is 1.64. The van der Waals surface area contributed by atoms with Gasteiger partial charge in [-0.25, -0.2) is 9.18 Å². The highest BCUT2D eigenvalue weighted by Gasteiger charge is 2.14. The zero-order valence-electron chi connectivity index (χ0n) is 9.72. The molecule has 6 heteroatoms. The van der Waals surface area contributed by atoms with Gasteiger partial charge in [0.15, 0.2) is 0 Å². The lowest BCUT2D eigenvalue weighted by molar-refractivity contribution is 0.0697. The second-order valence-corrected chi connectivity index (χ2v) is 3.77. The molecule has 0 spiro atoms. The van der Waals surface area contributed by atoms with Crippen LogP contribution in [0.25, 0.3) is 0 Å². The lowest BCUT2D eigenvalue weighted by Crippen LogP contribution is -2.10. The van der Waals surface area contributed by atoms with Gasteiger partial charge < -0.3 is 10.4 Å². The predicted octanol–water partition coefficient (Wildman–Crippen LogP) is 1.87. The van der Waals surface area contributed by atoms with Gasteiger partial charge in [0.05, 0.1) is 23.5 Å². The number of anilines is 1. The summed E-state index contributed by atoms with van der Waals surface area (Å²) < 4.78 is 15.2.